The van der Waals surface area contributed by atoms with Crippen LogP contribution in [0.5, 0.6) is 5.75 Å². The number of fused-ring (bicyclic) bond motifs is 1. The molecule has 2 N–H and O–H groups in total. The molecule has 0 radical (unpaired) electrons. The Kier molecular flexibility index (Phi) is 5.68. The minimum absolute atomic E-state index is 0.0184. The van der Waals surface area contributed by atoms with E-state index in [-0.39, 0.29) is 12.0 Å². The fraction of sp³-hybridized carbons (Fsp3) is 0.529. The summed E-state index contributed by atoms with van der Waals surface area (Å²) in [5.41, 5.74) is 2.29. The highest BCUT2D eigenvalue weighted by molar-refractivity contribution is 6.30. The third-order valence-corrected chi connectivity index (χ3v) is 3.97. The SMILES string of the molecule is CC(C)(CO)CCCNCC1=Cc2cc(Cl)ccc2OC1. The van der Waals surface area contributed by atoms with Gasteiger partial charge in [0.2, 0.25) is 0 Å². The molecule has 3 nitrogen and oxygen atoms in total. The highest BCUT2D eigenvalue weighted by Gasteiger charge is 2.15. The topological polar surface area (TPSA) is 41.5 Å². The summed E-state index contributed by atoms with van der Waals surface area (Å²) < 4.78 is 5.72. The zero-order chi connectivity index (χ0) is 15.3. The molecule has 0 amide bonds. The molecule has 1 aliphatic rings. The molecule has 0 bridgehead atoms. The van der Waals surface area contributed by atoms with E-state index in [0.29, 0.717) is 6.61 Å². The number of hydrogen-bond donors (Lipinski definition) is 2. The Balaban J connectivity index is 1.77. The zero-order valence-corrected chi connectivity index (χ0v) is 13.5. The highest BCUT2D eigenvalue weighted by Crippen LogP contribution is 2.28. The highest BCUT2D eigenvalue weighted by atomic mass is 35.5. The van der Waals surface area contributed by atoms with Gasteiger partial charge in [-0.2, -0.15) is 0 Å². The van der Waals surface area contributed by atoms with Crippen molar-refractivity contribution in [2.75, 3.05) is 26.3 Å². The van der Waals surface area contributed by atoms with Gasteiger partial charge in [-0.3, -0.25) is 0 Å². The van der Waals surface area contributed by atoms with E-state index in [1.165, 1.54) is 5.57 Å². The standard InChI is InChI=1S/C17H24ClNO2/c1-17(2,12-20)6-3-7-19-10-13-8-14-9-15(18)4-5-16(14)21-11-13/h4-5,8-9,19-20H,3,6-7,10-12H2,1-2H3. The van der Waals surface area contributed by atoms with Crippen LogP contribution in [-0.2, 0) is 0 Å². The molecule has 0 fully saturated rings. The fourth-order valence-corrected chi connectivity index (χ4v) is 2.50. The van der Waals surface area contributed by atoms with Gasteiger partial charge in [0, 0.05) is 23.7 Å². The Hall–Kier alpha value is -1.03. The summed E-state index contributed by atoms with van der Waals surface area (Å²) in [5.74, 6) is 0.896. The first-order valence-corrected chi connectivity index (χ1v) is 7.81. The van der Waals surface area contributed by atoms with E-state index in [0.717, 1.165) is 42.3 Å². The van der Waals surface area contributed by atoms with Crippen LogP contribution in [0.25, 0.3) is 6.08 Å². The molecule has 0 atom stereocenters. The number of halogens is 1. The molecular formula is C17H24ClNO2. The second kappa shape index (κ2) is 7.30. The molecule has 0 aromatic heterocycles. The van der Waals surface area contributed by atoms with E-state index >= 15 is 0 Å². The van der Waals surface area contributed by atoms with Crippen LogP contribution in [-0.4, -0.2) is 31.4 Å². The summed E-state index contributed by atoms with van der Waals surface area (Å²) >= 11 is 6.01. The first-order valence-electron chi connectivity index (χ1n) is 7.43. The smallest absolute Gasteiger partial charge is 0.127 e. The van der Waals surface area contributed by atoms with Crippen LogP contribution in [0.4, 0.5) is 0 Å². The maximum atomic E-state index is 9.21. The number of aliphatic hydroxyl groups excluding tert-OH is 1. The zero-order valence-electron chi connectivity index (χ0n) is 12.8. The van der Waals surface area contributed by atoms with Gasteiger partial charge in [0.25, 0.3) is 0 Å². The lowest BCUT2D eigenvalue weighted by Crippen LogP contribution is -2.24. The molecule has 1 aliphatic heterocycles. The van der Waals surface area contributed by atoms with E-state index in [1.54, 1.807) is 0 Å². The van der Waals surface area contributed by atoms with Crippen molar-refractivity contribution in [3.8, 4) is 5.75 Å². The predicted octanol–water partition coefficient (Wildman–Crippen LogP) is 3.50. The van der Waals surface area contributed by atoms with Crippen LogP contribution in [0.2, 0.25) is 5.02 Å². The van der Waals surface area contributed by atoms with Gasteiger partial charge in [-0.15, -0.1) is 0 Å². The van der Waals surface area contributed by atoms with E-state index < -0.39 is 0 Å². The minimum Gasteiger partial charge on any atom is -0.489 e. The van der Waals surface area contributed by atoms with E-state index in [2.05, 4.69) is 25.2 Å². The number of nitrogens with one attached hydrogen (secondary N) is 1. The van der Waals surface area contributed by atoms with Crippen LogP contribution in [0.3, 0.4) is 0 Å². The molecular weight excluding hydrogens is 286 g/mol. The Morgan fingerprint density at radius 1 is 1.38 bits per heavy atom. The third-order valence-electron chi connectivity index (χ3n) is 3.73. The fourth-order valence-electron chi connectivity index (χ4n) is 2.32. The minimum atomic E-state index is 0.0184. The molecule has 0 saturated carbocycles. The molecule has 116 valence electrons. The average Bonchev–Trinajstić information content (AvgIpc) is 2.46. The number of ether oxygens (including phenoxy) is 1. The van der Waals surface area contributed by atoms with Crippen molar-refractivity contribution in [2.24, 2.45) is 5.41 Å². The van der Waals surface area contributed by atoms with E-state index in [1.807, 2.05) is 18.2 Å². The summed E-state index contributed by atoms with van der Waals surface area (Å²) in [7, 11) is 0. The lowest BCUT2D eigenvalue weighted by atomic mass is 9.89. The first kappa shape index (κ1) is 16.3. The monoisotopic (exact) mass is 309 g/mol. The second-order valence-electron chi connectivity index (χ2n) is 6.38. The van der Waals surface area contributed by atoms with Gasteiger partial charge in [-0.1, -0.05) is 25.4 Å². The number of rotatable bonds is 7. The van der Waals surface area contributed by atoms with Gasteiger partial charge < -0.3 is 15.2 Å². The summed E-state index contributed by atoms with van der Waals surface area (Å²) in [6.07, 6.45) is 4.23. The molecule has 0 spiro atoms. The molecule has 21 heavy (non-hydrogen) atoms. The quantitative estimate of drug-likeness (QED) is 0.757. The van der Waals surface area contributed by atoms with Crippen molar-refractivity contribution in [2.45, 2.75) is 26.7 Å². The molecule has 0 unspecified atom stereocenters. The maximum absolute atomic E-state index is 9.21. The van der Waals surface area contributed by atoms with Gasteiger partial charge in [0.05, 0.1) is 0 Å². The van der Waals surface area contributed by atoms with Gasteiger partial charge in [0.1, 0.15) is 12.4 Å². The van der Waals surface area contributed by atoms with Gasteiger partial charge in [0.15, 0.2) is 0 Å². The Morgan fingerprint density at radius 3 is 2.95 bits per heavy atom. The summed E-state index contributed by atoms with van der Waals surface area (Å²) in [5, 5.41) is 13.4. The van der Waals surface area contributed by atoms with Gasteiger partial charge in [-0.05, 0) is 54.6 Å². The van der Waals surface area contributed by atoms with Crippen LogP contribution in [0.1, 0.15) is 32.3 Å². The molecule has 1 aromatic rings. The molecule has 4 heteroatoms. The largest absolute Gasteiger partial charge is 0.489 e. The van der Waals surface area contributed by atoms with Crippen LogP contribution in [0.15, 0.2) is 23.8 Å². The van der Waals surface area contributed by atoms with Crippen LogP contribution >= 0.6 is 11.6 Å². The predicted molar refractivity (Wildman–Crippen MR) is 87.9 cm³/mol. The van der Waals surface area contributed by atoms with E-state index in [4.69, 9.17) is 16.3 Å². The second-order valence-corrected chi connectivity index (χ2v) is 6.81. The van der Waals surface area contributed by atoms with Crippen LogP contribution in [0, 0.1) is 5.41 Å². The van der Waals surface area contributed by atoms with Gasteiger partial charge in [-0.25, -0.2) is 0 Å². The van der Waals surface area contributed by atoms with Crippen molar-refractivity contribution in [3.05, 3.63) is 34.4 Å². The van der Waals surface area contributed by atoms with Crippen molar-refractivity contribution in [1.29, 1.82) is 0 Å². The first-order chi connectivity index (χ1) is 10.00. The lowest BCUT2D eigenvalue weighted by Gasteiger charge is -2.22. The van der Waals surface area contributed by atoms with Crippen molar-refractivity contribution < 1.29 is 9.84 Å². The summed E-state index contributed by atoms with van der Waals surface area (Å²) in [6.45, 7) is 6.82. The average molecular weight is 310 g/mol. The number of hydrogen-bond acceptors (Lipinski definition) is 3. The summed E-state index contributed by atoms with van der Waals surface area (Å²) in [6, 6.07) is 5.69. The van der Waals surface area contributed by atoms with Crippen molar-refractivity contribution in [3.63, 3.8) is 0 Å². The third kappa shape index (κ3) is 5.03. The maximum Gasteiger partial charge on any atom is 0.127 e. The van der Waals surface area contributed by atoms with Gasteiger partial charge >= 0.3 is 0 Å². The molecule has 1 heterocycles. The van der Waals surface area contributed by atoms with E-state index in [9.17, 15) is 5.11 Å². The molecule has 1 aromatic carbocycles. The van der Waals surface area contributed by atoms with Crippen LogP contribution < -0.4 is 10.1 Å². The Bertz CT molecular complexity index is 512. The van der Waals surface area contributed by atoms with Crippen molar-refractivity contribution >= 4 is 17.7 Å². The number of benzene rings is 1. The molecule has 0 aliphatic carbocycles. The molecule has 0 saturated heterocycles. The lowest BCUT2D eigenvalue weighted by molar-refractivity contribution is 0.148. The summed E-state index contributed by atoms with van der Waals surface area (Å²) in [4.78, 5) is 0. The Morgan fingerprint density at radius 2 is 2.19 bits per heavy atom. The number of aliphatic hydroxyl groups is 1. The molecule has 2 rings (SSSR count). The normalized spacial score (nSPS) is 14.4. The van der Waals surface area contributed by atoms with Crippen molar-refractivity contribution in [1.82, 2.24) is 5.32 Å². The Labute approximate surface area is 132 Å².